The number of hydrogen-bond donors (Lipinski definition) is 1. The van der Waals surface area contributed by atoms with Gasteiger partial charge in [-0.2, -0.15) is 0 Å². The molecule has 0 fully saturated rings. The summed E-state index contributed by atoms with van der Waals surface area (Å²) in [6, 6.07) is 23.9. The Morgan fingerprint density at radius 1 is 0.840 bits per heavy atom. The highest BCUT2D eigenvalue weighted by Crippen LogP contribution is 2.30. The van der Waals surface area contributed by atoms with Crippen LogP contribution in [0.5, 0.6) is 0 Å². The number of aryl methyl sites for hydroxylation is 1. The van der Waals surface area contributed by atoms with Crippen molar-refractivity contribution in [2.45, 2.75) is 6.92 Å². The molecule has 0 radical (unpaired) electrons. The predicted molar refractivity (Wildman–Crippen MR) is 104 cm³/mol. The summed E-state index contributed by atoms with van der Waals surface area (Å²) in [5, 5.41) is 4.91. The molecule has 0 spiro atoms. The minimum Gasteiger partial charge on any atom is -0.323 e. The van der Waals surface area contributed by atoms with Gasteiger partial charge in [0.2, 0.25) is 5.95 Å². The van der Waals surface area contributed by atoms with Crippen LogP contribution in [0.3, 0.4) is 0 Å². The lowest BCUT2D eigenvalue weighted by molar-refractivity contribution is 1.21. The van der Waals surface area contributed by atoms with E-state index >= 15 is 0 Å². The molecule has 3 nitrogen and oxygen atoms in total. The Labute approximate surface area is 151 Å². The molecule has 4 heteroatoms. The third-order valence-corrected chi connectivity index (χ3v) is 4.35. The van der Waals surface area contributed by atoms with Crippen molar-refractivity contribution in [2.24, 2.45) is 0 Å². The molecule has 3 aromatic carbocycles. The molecular formula is C21H16ClN3. The molecule has 0 aliphatic rings. The average Bonchev–Trinajstić information content (AvgIpc) is 2.64. The number of benzene rings is 3. The van der Waals surface area contributed by atoms with Crippen LogP contribution >= 0.6 is 11.6 Å². The second kappa shape index (κ2) is 6.54. The number of para-hydroxylation sites is 1. The highest BCUT2D eigenvalue weighted by molar-refractivity contribution is 6.33. The summed E-state index contributed by atoms with van der Waals surface area (Å²) in [6.07, 6.45) is 0. The molecule has 0 saturated heterocycles. The van der Waals surface area contributed by atoms with Gasteiger partial charge in [0.1, 0.15) is 0 Å². The van der Waals surface area contributed by atoms with E-state index in [-0.39, 0.29) is 0 Å². The molecule has 4 aromatic rings. The van der Waals surface area contributed by atoms with Gasteiger partial charge < -0.3 is 5.32 Å². The minimum absolute atomic E-state index is 0.531. The van der Waals surface area contributed by atoms with Crippen molar-refractivity contribution in [3.05, 3.63) is 83.4 Å². The molecule has 25 heavy (non-hydrogen) atoms. The molecular weight excluding hydrogens is 330 g/mol. The van der Waals surface area contributed by atoms with E-state index in [9.17, 15) is 0 Å². The number of fused-ring (bicyclic) bond motifs is 1. The number of hydrogen-bond acceptors (Lipinski definition) is 3. The number of anilines is 2. The first-order chi connectivity index (χ1) is 12.2. The van der Waals surface area contributed by atoms with Gasteiger partial charge in [0.05, 0.1) is 21.9 Å². The van der Waals surface area contributed by atoms with Gasteiger partial charge in [-0.25, -0.2) is 9.97 Å². The highest BCUT2D eigenvalue weighted by Gasteiger charge is 2.11. The van der Waals surface area contributed by atoms with Crippen LogP contribution in [-0.4, -0.2) is 9.97 Å². The van der Waals surface area contributed by atoms with Crippen molar-refractivity contribution in [1.29, 1.82) is 0 Å². The van der Waals surface area contributed by atoms with E-state index in [1.54, 1.807) is 0 Å². The Morgan fingerprint density at radius 2 is 1.60 bits per heavy atom. The van der Waals surface area contributed by atoms with E-state index in [4.69, 9.17) is 16.6 Å². The third kappa shape index (κ3) is 3.19. The van der Waals surface area contributed by atoms with Crippen LogP contribution in [0.25, 0.3) is 22.2 Å². The van der Waals surface area contributed by atoms with Crippen LogP contribution < -0.4 is 5.32 Å². The van der Waals surface area contributed by atoms with E-state index in [1.807, 2.05) is 48.5 Å². The molecule has 0 saturated carbocycles. The number of halogens is 1. The fourth-order valence-corrected chi connectivity index (χ4v) is 2.98. The zero-order valence-corrected chi connectivity index (χ0v) is 14.5. The monoisotopic (exact) mass is 345 g/mol. The zero-order valence-electron chi connectivity index (χ0n) is 13.7. The Hall–Kier alpha value is -2.91. The Balaban J connectivity index is 1.89. The summed E-state index contributed by atoms with van der Waals surface area (Å²) in [4.78, 5) is 9.43. The first-order valence-electron chi connectivity index (χ1n) is 8.06. The summed E-state index contributed by atoms with van der Waals surface area (Å²) < 4.78 is 0. The molecule has 122 valence electrons. The maximum atomic E-state index is 6.25. The average molecular weight is 346 g/mol. The molecule has 0 unspecified atom stereocenters. The SMILES string of the molecule is Cc1ccc2nc(Nc3ccccc3Cl)nc(-c3ccccc3)c2c1. The standard InChI is InChI=1S/C21H16ClN3/c1-14-11-12-18-16(13-14)20(15-7-3-2-4-8-15)25-21(23-18)24-19-10-6-5-9-17(19)22/h2-13H,1H3,(H,23,24,25). The van der Waals surface area contributed by atoms with E-state index < -0.39 is 0 Å². The number of rotatable bonds is 3. The number of aromatic nitrogens is 2. The van der Waals surface area contributed by atoms with Crippen molar-refractivity contribution >= 4 is 34.1 Å². The van der Waals surface area contributed by atoms with Crippen molar-refractivity contribution in [3.63, 3.8) is 0 Å². The van der Waals surface area contributed by atoms with Crippen LogP contribution in [-0.2, 0) is 0 Å². The lowest BCUT2D eigenvalue weighted by Gasteiger charge is -2.12. The van der Waals surface area contributed by atoms with Gasteiger partial charge >= 0.3 is 0 Å². The minimum atomic E-state index is 0.531. The molecule has 4 rings (SSSR count). The normalized spacial score (nSPS) is 10.8. The Morgan fingerprint density at radius 3 is 2.40 bits per heavy atom. The second-order valence-electron chi connectivity index (χ2n) is 5.89. The van der Waals surface area contributed by atoms with Gasteiger partial charge in [0, 0.05) is 10.9 Å². The molecule has 0 atom stereocenters. The maximum Gasteiger partial charge on any atom is 0.228 e. The van der Waals surface area contributed by atoms with Gasteiger partial charge in [0.25, 0.3) is 0 Å². The van der Waals surface area contributed by atoms with Gasteiger partial charge in [0.15, 0.2) is 0 Å². The van der Waals surface area contributed by atoms with Crippen molar-refractivity contribution in [1.82, 2.24) is 9.97 Å². The van der Waals surface area contributed by atoms with E-state index in [0.717, 1.165) is 27.8 Å². The van der Waals surface area contributed by atoms with Crippen molar-refractivity contribution in [2.75, 3.05) is 5.32 Å². The third-order valence-electron chi connectivity index (χ3n) is 4.02. The van der Waals surface area contributed by atoms with E-state index in [0.29, 0.717) is 11.0 Å². The second-order valence-corrected chi connectivity index (χ2v) is 6.29. The van der Waals surface area contributed by atoms with Crippen LogP contribution in [0.15, 0.2) is 72.8 Å². The zero-order chi connectivity index (χ0) is 17.2. The van der Waals surface area contributed by atoms with Crippen LogP contribution in [0.2, 0.25) is 5.02 Å². The van der Waals surface area contributed by atoms with Gasteiger partial charge in [-0.15, -0.1) is 0 Å². The Kier molecular flexibility index (Phi) is 4.08. The fourth-order valence-electron chi connectivity index (χ4n) is 2.80. The van der Waals surface area contributed by atoms with Gasteiger partial charge in [-0.3, -0.25) is 0 Å². The summed E-state index contributed by atoms with van der Waals surface area (Å²) in [7, 11) is 0. The molecule has 0 amide bonds. The first-order valence-corrected chi connectivity index (χ1v) is 8.44. The largest absolute Gasteiger partial charge is 0.323 e. The topological polar surface area (TPSA) is 37.8 Å². The lowest BCUT2D eigenvalue weighted by Crippen LogP contribution is -2.00. The molecule has 1 aromatic heterocycles. The molecule has 0 aliphatic heterocycles. The Bertz CT molecular complexity index is 1050. The summed E-state index contributed by atoms with van der Waals surface area (Å²) in [5.41, 5.74) is 4.83. The summed E-state index contributed by atoms with van der Waals surface area (Å²) in [5.74, 6) is 0.531. The van der Waals surface area contributed by atoms with Gasteiger partial charge in [-0.1, -0.05) is 65.7 Å². The highest BCUT2D eigenvalue weighted by atomic mass is 35.5. The van der Waals surface area contributed by atoms with Crippen LogP contribution in [0.4, 0.5) is 11.6 Å². The summed E-state index contributed by atoms with van der Waals surface area (Å²) in [6.45, 7) is 2.07. The quantitative estimate of drug-likeness (QED) is 0.494. The smallest absolute Gasteiger partial charge is 0.228 e. The maximum absolute atomic E-state index is 6.25. The predicted octanol–water partition coefficient (Wildman–Crippen LogP) is 6.00. The van der Waals surface area contributed by atoms with Crippen LogP contribution in [0.1, 0.15) is 5.56 Å². The number of nitrogens with zero attached hydrogens (tertiary/aromatic N) is 2. The van der Waals surface area contributed by atoms with E-state index in [2.05, 4.69) is 41.5 Å². The van der Waals surface area contributed by atoms with Crippen molar-refractivity contribution in [3.8, 4) is 11.3 Å². The summed E-state index contributed by atoms with van der Waals surface area (Å²) >= 11 is 6.25. The molecule has 1 N–H and O–H groups in total. The van der Waals surface area contributed by atoms with Gasteiger partial charge in [-0.05, 0) is 31.2 Å². The molecule has 0 bridgehead atoms. The van der Waals surface area contributed by atoms with Crippen LogP contribution in [0, 0.1) is 6.92 Å². The number of nitrogens with one attached hydrogen (secondary N) is 1. The fraction of sp³-hybridized carbons (Fsp3) is 0.0476. The van der Waals surface area contributed by atoms with Crippen molar-refractivity contribution < 1.29 is 0 Å². The molecule has 0 aliphatic carbocycles. The first kappa shape index (κ1) is 15.6. The lowest BCUT2D eigenvalue weighted by atomic mass is 10.0. The van der Waals surface area contributed by atoms with E-state index in [1.165, 1.54) is 5.56 Å². The molecule has 1 heterocycles.